The van der Waals surface area contributed by atoms with E-state index in [0.717, 1.165) is 5.56 Å². The van der Waals surface area contributed by atoms with Gasteiger partial charge in [0.1, 0.15) is 5.60 Å². The normalized spacial score (nSPS) is 11.0. The Balaban J connectivity index is 2.85. The van der Waals surface area contributed by atoms with Crippen LogP contribution in [0.4, 0.5) is 4.79 Å². The lowest BCUT2D eigenvalue weighted by molar-refractivity contribution is -0.117. The zero-order chi connectivity index (χ0) is 17.5. The van der Waals surface area contributed by atoms with Crippen molar-refractivity contribution < 1.29 is 19.1 Å². The fourth-order valence-electron chi connectivity index (χ4n) is 1.86. The summed E-state index contributed by atoms with van der Waals surface area (Å²) >= 11 is 0. The van der Waals surface area contributed by atoms with Gasteiger partial charge in [-0.3, -0.25) is 9.69 Å². The summed E-state index contributed by atoms with van der Waals surface area (Å²) in [7, 11) is 1.49. The van der Waals surface area contributed by atoms with E-state index in [-0.39, 0.29) is 18.9 Å². The highest BCUT2D eigenvalue weighted by Gasteiger charge is 2.24. The molecule has 126 valence electrons. The number of rotatable bonds is 7. The van der Waals surface area contributed by atoms with Crippen LogP contribution in [0.25, 0.3) is 0 Å². The minimum atomic E-state index is -0.626. The largest absolute Gasteiger partial charge is 0.444 e. The van der Waals surface area contributed by atoms with Gasteiger partial charge in [-0.2, -0.15) is 0 Å². The molecule has 1 amide bonds. The van der Waals surface area contributed by atoms with E-state index in [1.54, 1.807) is 20.8 Å². The molecule has 0 aromatic heterocycles. The predicted octanol–water partition coefficient (Wildman–Crippen LogP) is 3.20. The summed E-state index contributed by atoms with van der Waals surface area (Å²) in [4.78, 5) is 25.9. The first-order chi connectivity index (χ1) is 10.7. The maximum Gasteiger partial charge on any atom is 0.411 e. The molecular formula is C18H25NO4. The Labute approximate surface area is 137 Å². The van der Waals surface area contributed by atoms with Crippen molar-refractivity contribution in [1.29, 1.82) is 0 Å². The van der Waals surface area contributed by atoms with E-state index in [2.05, 4.69) is 6.58 Å². The molecule has 1 aromatic carbocycles. The van der Waals surface area contributed by atoms with Crippen molar-refractivity contribution in [3.63, 3.8) is 0 Å². The summed E-state index contributed by atoms with van der Waals surface area (Å²) < 4.78 is 10.3. The number of hydrogen-bond acceptors (Lipinski definition) is 4. The zero-order valence-corrected chi connectivity index (χ0v) is 14.3. The van der Waals surface area contributed by atoms with Crippen LogP contribution in [0.3, 0.4) is 0 Å². The fourth-order valence-corrected chi connectivity index (χ4v) is 1.86. The molecule has 5 nitrogen and oxygen atoms in total. The molecule has 0 radical (unpaired) electrons. The van der Waals surface area contributed by atoms with Gasteiger partial charge in [-0.15, -0.1) is 0 Å². The van der Waals surface area contributed by atoms with Gasteiger partial charge in [0.2, 0.25) is 0 Å². The van der Waals surface area contributed by atoms with Gasteiger partial charge in [-0.1, -0.05) is 36.9 Å². The Bertz CT molecular complexity index is 546. The highest BCUT2D eigenvalue weighted by Crippen LogP contribution is 2.13. The SMILES string of the molecule is C=C(COC)C(=O)CN(Cc1ccccc1)C(=O)OC(C)(C)C. The Morgan fingerprint density at radius 1 is 1.17 bits per heavy atom. The van der Waals surface area contributed by atoms with E-state index in [0.29, 0.717) is 12.1 Å². The lowest BCUT2D eigenvalue weighted by Gasteiger charge is -2.27. The quantitative estimate of drug-likeness (QED) is 0.724. The van der Waals surface area contributed by atoms with E-state index in [1.807, 2.05) is 30.3 Å². The zero-order valence-electron chi connectivity index (χ0n) is 14.3. The Morgan fingerprint density at radius 3 is 2.30 bits per heavy atom. The number of carbonyl (C=O) groups is 2. The van der Waals surface area contributed by atoms with Crippen LogP contribution in [-0.4, -0.2) is 42.6 Å². The maximum absolute atomic E-state index is 12.4. The smallest absolute Gasteiger partial charge is 0.411 e. The topological polar surface area (TPSA) is 55.8 Å². The van der Waals surface area contributed by atoms with Crippen molar-refractivity contribution in [1.82, 2.24) is 4.90 Å². The molecule has 0 heterocycles. The summed E-state index contributed by atoms with van der Waals surface area (Å²) in [6, 6.07) is 9.45. The molecule has 0 unspecified atom stereocenters. The standard InChI is InChI=1S/C18H25NO4/c1-14(13-22-5)16(20)12-19(17(21)23-18(2,3)4)11-15-9-7-6-8-10-15/h6-10H,1,11-13H2,2-5H3. The van der Waals surface area contributed by atoms with Gasteiger partial charge in [-0.25, -0.2) is 4.79 Å². The van der Waals surface area contributed by atoms with Crippen LogP contribution in [0.15, 0.2) is 42.5 Å². The second-order valence-corrected chi connectivity index (χ2v) is 6.28. The van der Waals surface area contributed by atoms with Crippen LogP contribution in [0.2, 0.25) is 0 Å². The predicted molar refractivity (Wildman–Crippen MR) is 89.1 cm³/mol. The van der Waals surface area contributed by atoms with Gasteiger partial charge in [0.05, 0.1) is 13.2 Å². The highest BCUT2D eigenvalue weighted by atomic mass is 16.6. The monoisotopic (exact) mass is 319 g/mol. The number of hydrogen-bond donors (Lipinski definition) is 0. The molecule has 0 spiro atoms. The van der Waals surface area contributed by atoms with Crippen molar-refractivity contribution in [2.45, 2.75) is 32.9 Å². The number of amides is 1. The number of nitrogens with zero attached hydrogens (tertiary/aromatic N) is 1. The number of benzene rings is 1. The second-order valence-electron chi connectivity index (χ2n) is 6.28. The van der Waals surface area contributed by atoms with Gasteiger partial charge in [-0.05, 0) is 26.3 Å². The van der Waals surface area contributed by atoms with Crippen LogP contribution in [0, 0.1) is 0 Å². The highest BCUT2D eigenvalue weighted by molar-refractivity contribution is 5.97. The first kappa shape index (κ1) is 18.9. The van der Waals surface area contributed by atoms with E-state index < -0.39 is 11.7 Å². The first-order valence-electron chi connectivity index (χ1n) is 7.44. The Hall–Kier alpha value is -2.14. The molecule has 1 rings (SSSR count). The van der Waals surface area contributed by atoms with Gasteiger partial charge >= 0.3 is 6.09 Å². The molecule has 1 aromatic rings. The number of ketones is 1. The van der Waals surface area contributed by atoms with Crippen LogP contribution in [0.1, 0.15) is 26.3 Å². The summed E-state index contributed by atoms with van der Waals surface area (Å²) in [5.41, 5.74) is 0.621. The van der Waals surface area contributed by atoms with Crippen LogP contribution >= 0.6 is 0 Å². The molecule has 23 heavy (non-hydrogen) atoms. The molecule has 0 saturated carbocycles. The molecule has 0 fully saturated rings. The number of Topliss-reactive ketones (excluding diaryl/α,β-unsaturated/α-hetero) is 1. The van der Waals surface area contributed by atoms with Gasteiger partial charge < -0.3 is 9.47 Å². The lowest BCUT2D eigenvalue weighted by atomic mass is 10.1. The average Bonchev–Trinajstić information content (AvgIpc) is 2.46. The van der Waals surface area contributed by atoms with Gasteiger partial charge in [0.15, 0.2) is 5.78 Å². The van der Waals surface area contributed by atoms with Crippen molar-refractivity contribution in [2.24, 2.45) is 0 Å². The van der Waals surface area contributed by atoms with Crippen molar-refractivity contribution in [3.05, 3.63) is 48.0 Å². The molecule has 5 heteroatoms. The fraction of sp³-hybridized carbons (Fsp3) is 0.444. The van der Waals surface area contributed by atoms with E-state index in [1.165, 1.54) is 12.0 Å². The molecule has 0 bridgehead atoms. The Kier molecular flexibility index (Phi) is 6.97. The number of ether oxygens (including phenoxy) is 2. The van der Waals surface area contributed by atoms with E-state index in [9.17, 15) is 9.59 Å². The van der Waals surface area contributed by atoms with Crippen LogP contribution < -0.4 is 0 Å². The summed E-state index contributed by atoms with van der Waals surface area (Å²) in [5.74, 6) is -0.242. The maximum atomic E-state index is 12.4. The van der Waals surface area contributed by atoms with Gasteiger partial charge in [0, 0.05) is 19.2 Å². The van der Waals surface area contributed by atoms with Crippen molar-refractivity contribution in [3.8, 4) is 0 Å². The molecule has 0 atom stereocenters. The van der Waals surface area contributed by atoms with E-state index >= 15 is 0 Å². The first-order valence-corrected chi connectivity index (χ1v) is 7.44. The number of carbonyl (C=O) groups excluding carboxylic acids is 2. The Morgan fingerprint density at radius 2 is 1.78 bits per heavy atom. The molecule has 0 saturated heterocycles. The summed E-state index contributed by atoms with van der Waals surface area (Å²) in [6.07, 6.45) is -0.528. The minimum absolute atomic E-state index is 0.0913. The van der Waals surface area contributed by atoms with Crippen LogP contribution in [0.5, 0.6) is 0 Å². The third kappa shape index (κ3) is 7.10. The summed E-state index contributed by atoms with van der Waals surface area (Å²) in [5, 5.41) is 0. The number of methoxy groups -OCH3 is 1. The summed E-state index contributed by atoms with van der Waals surface area (Å²) in [6.45, 7) is 9.40. The molecular weight excluding hydrogens is 294 g/mol. The second kappa shape index (κ2) is 8.48. The van der Waals surface area contributed by atoms with Crippen molar-refractivity contribution >= 4 is 11.9 Å². The average molecular weight is 319 g/mol. The third-order valence-electron chi connectivity index (χ3n) is 2.92. The minimum Gasteiger partial charge on any atom is -0.444 e. The molecule has 0 aliphatic rings. The molecule has 0 aliphatic heterocycles. The molecule has 0 aliphatic carbocycles. The van der Waals surface area contributed by atoms with E-state index in [4.69, 9.17) is 9.47 Å². The van der Waals surface area contributed by atoms with Crippen LogP contribution in [-0.2, 0) is 20.8 Å². The lowest BCUT2D eigenvalue weighted by Crippen LogP contribution is -2.40. The third-order valence-corrected chi connectivity index (χ3v) is 2.92. The molecule has 0 N–H and O–H groups in total. The van der Waals surface area contributed by atoms with Crippen molar-refractivity contribution in [2.75, 3.05) is 20.3 Å². The van der Waals surface area contributed by atoms with Gasteiger partial charge in [0.25, 0.3) is 0 Å².